The number of hydrogen-bond acceptors (Lipinski definition) is 4. The molecule has 0 bridgehead atoms. The van der Waals surface area contributed by atoms with Crippen LogP contribution in [0, 0.1) is 6.92 Å². The SMILES string of the molecule is Cc1cc2ncc3c(n2n1)CCN(C(=O)COc1ccc(-c2ccccc2)cc1)C3. The van der Waals surface area contributed by atoms with Crippen LogP contribution in [0.25, 0.3) is 16.8 Å². The smallest absolute Gasteiger partial charge is 0.260 e. The van der Waals surface area contributed by atoms with Crippen LogP contribution in [0.5, 0.6) is 5.75 Å². The van der Waals surface area contributed by atoms with Gasteiger partial charge < -0.3 is 9.64 Å². The van der Waals surface area contributed by atoms with E-state index < -0.39 is 0 Å². The van der Waals surface area contributed by atoms with E-state index >= 15 is 0 Å². The molecule has 0 saturated carbocycles. The Bertz CT molecular complexity index is 1200. The van der Waals surface area contributed by atoms with Gasteiger partial charge in [0.2, 0.25) is 0 Å². The number of hydrogen-bond donors (Lipinski definition) is 0. The summed E-state index contributed by atoms with van der Waals surface area (Å²) in [5.41, 5.74) is 6.25. The van der Waals surface area contributed by atoms with Crippen LogP contribution in [0.4, 0.5) is 0 Å². The van der Waals surface area contributed by atoms with Crippen molar-refractivity contribution in [2.24, 2.45) is 0 Å². The molecule has 0 saturated heterocycles. The summed E-state index contributed by atoms with van der Waals surface area (Å²) in [6.07, 6.45) is 2.61. The Hall–Kier alpha value is -3.67. The summed E-state index contributed by atoms with van der Waals surface area (Å²) in [5, 5.41) is 4.53. The molecule has 1 aliphatic rings. The minimum absolute atomic E-state index is 0.0236. The monoisotopic (exact) mass is 398 g/mol. The molecule has 4 aromatic rings. The molecule has 6 heteroatoms. The zero-order valence-electron chi connectivity index (χ0n) is 16.8. The number of aromatic nitrogens is 3. The van der Waals surface area contributed by atoms with Crippen LogP contribution < -0.4 is 4.74 Å². The number of aryl methyl sites for hydroxylation is 1. The molecule has 1 amide bonds. The highest BCUT2D eigenvalue weighted by molar-refractivity contribution is 5.78. The Morgan fingerprint density at radius 3 is 2.63 bits per heavy atom. The van der Waals surface area contributed by atoms with E-state index in [2.05, 4.69) is 22.2 Å². The second kappa shape index (κ2) is 7.63. The van der Waals surface area contributed by atoms with Gasteiger partial charge in [0.05, 0.1) is 11.4 Å². The summed E-state index contributed by atoms with van der Waals surface area (Å²) in [7, 11) is 0. The zero-order chi connectivity index (χ0) is 20.5. The lowest BCUT2D eigenvalue weighted by Gasteiger charge is -2.28. The number of carbonyl (C=O) groups excluding carboxylic acids is 1. The third kappa shape index (κ3) is 3.52. The van der Waals surface area contributed by atoms with Crippen molar-refractivity contribution in [3.63, 3.8) is 0 Å². The molecular formula is C24H22N4O2. The first-order chi connectivity index (χ1) is 14.7. The lowest BCUT2D eigenvalue weighted by molar-refractivity contribution is -0.134. The topological polar surface area (TPSA) is 59.7 Å². The summed E-state index contributed by atoms with van der Waals surface area (Å²) in [5.74, 6) is 0.667. The van der Waals surface area contributed by atoms with Gasteiger partial charge in [0, 0.05) is 37.3 Å². The first-order valence-corrected chi connectivity index (χ1v) is 10.1. The van der Waals surface area contributed by atoms with Gasteiger partial charge in [0.1, 0.15) is 5.75 Å². The highest BCUT2D eigenvalue weighted by atomic mass is 16.5. The van der Waals surface area contributed by atoms with Crippen LogP contribution in [0.2, 0.25) is 0 Å². The van der Waals surface area contributed by atoms with Crippen molar-refractivity contribution >= 4 is 11.6 Å². The highest BCUT2D eigenvalue weighted by Gasteiger charge is 2.23. The second-order valence-electron chi connectivity index (χ2n) is 7.53. The van der Waals surface area contributed by atoms with E-state index in [1.165, 1.54) is 0 Å². The van der Waals surface area contributed by atoms with Gasteiger partial charge in [-0.15, -0.1) is 0 Å². The largest absolute Gasteiger partial charge is 0.484 e. The average Bonchev–Trinajstić information content (AvgIpc) is 3.18. The summed E-state index contributed by atoms with van der Waals surface area (Å²) in [4.78, 5) is 19.0. The van der Waals surface area contributed by atoms with Crippen LogP contribution in [-0.4, -0.2) is 38.6 Å². The van der Waals surface area contributed by atoms with Crippen molar-refractivity contribution in [3.05, 3.63) is 83.8 Å². The molecule has 0 unspecified atom stereocenters. The summed E-state index contributed by atoms with van der Waals surface area (Å²) >= 11 is 0. The molecule has 2 aromatic carbocycles. The molecule has 0 radical (unpaired) electrons. The van der Waals surface area contributed by atoms with Crippen molar-refractivity contribution in [1.29, 1.82) is 0 Å². The van der Waals surface area contributed by atoms with Gasteiger partial charge in [0.25, 0.3) is 5.91 Å². The van der Waals surface area contributed by atoms with Crippen molar-refractivity contribution in [1.82, 2.24) is 19.5 Å². The highest BCUT2D eigenvalue weighted by Crippen LogP contribution is 2.23. The molecule has 2 aromatic heterocycles. The maximum Gasteiger partial charge on any atom is 0.260 e. The Kier molecular flexibility index (Phi) is 4.67. The number of nitrogens with zero attached hydrogens (tertiary/aromatic N) is 4. The van der Waals surface area contributed by atoms with Crippen molar-refractivity contribution < 1.29 is 9.53 Å². The normalized spacial score (nSPS) is 13.3. The number of carbonyl (C=O) groups is 1. The number of amides is 1. The number of benzene rings is 2. The van der Waals surface area contributed by atoms with E-state index in [9.17, 15) is 4.79 Å². The molecule has 0 N–H and O–H groups in total. The number of rotatable bonds is 4. The third-order valence-corrected chi connectivity index (χ3v) is 5.45. The molecule has 0 atom stereocenters. The van der Waals surface area contributed by atoms with Gasteiger partial charge in [-0.1, -0.05) is 42.5 Å². The lowest BCUT2D eigenvalue weighted by Crippen LogP contribution is -2.39. The molecule has 5 rings (SSSR count). The summed E-state index contributed by atoms with van der Waals surface area (Å²) < 4.78 is 7.65. The standard InChI is InChI=1S/C24H22N4O2/c1-17-13-23-25-14-20-15-27(12-11-22(20)28(23)26-17)24(29)16-30-21-9-7-19(8-10-21)18-5-3-2-4-6-18/h2-10,13-14H,11-12,15-16H2,1H3. The molecular weight excluding hydrogens is 376 g/mol. The maximum atomic E-state index is 12.7. The van der Waals surface area contributed by atoms with Crippen LogP contribution in [0.15, 0.2) is 66.9 Å². The van der Waals surface area contributed by atoms with Crippen molar-refractivity contribution in [3.8, 4) is 16.9 Å². The van der Waals surface area contributed by atoms with Gasteiger partial charge in [-0.25, -0.2) is 9.50 Å². The molecule has 0 fully saturated rings. The maximum absolute atomic E-state index is 12.7. The molecule has 30 heavy (non-hydrogen) atoms. The van der Waals surface area contributed by atoms with E-state index in [-0.39, 0.29) is 12.5 Å². The van der Waals surface area contributed by atoms with E-state index in [0.717, 1.165) is 40.1 Å². The fourth-order valence-electron chi connectivity index (χ4n) is 3.88. The average molecular weight is 398 g/mol. The number of fused-ring (bicyclic) bond motifs is 3. The third-order valence-electron chi connectivity index (χ3n) is 5.45. The number of ether oxygens (including phenoxy) is 1. The summed E-state index contributed by atoms with van der Waals surface area (Å²) in [6, 6.07) is 20.0. The van der Waals surface area contributed by atoms with Crippen LogP contribution >= 0.6 is 0 Å². The molecule has 0 spiro atoms. The van der Waals surface area contributed by atoms with Gasteiger partial charge >= 0.3 is 0 Å². The Morgan fingerprint density at radius 2 is 1.83 bits per heavy atom. The van der Waals surface area contributed by atoms with Crippen LogP contribution in [0.3, 0.4) is 0 Å². The lowest BCUT2D eigenvalue weighted by atomic mass is 10.1. The molecule has 1 aliphatic heterocycles. The minimum atomic E-state index is -0.0236. The quantitative estimate of drug-likeness (QED) is 0.526. The Labute approximate surface area is 174 Å². The van der Waals surface area contributed by atoms with Gasteiger partial charge in [-0.3, -0.25) is 4.79 Å². The Morgan fingerprint density at radius 1 is 1.07 bits per heavy atom. The molecule has 3 heterocycles. The van der Waals surface area contributed by atoms with Crippen LogP contribution in [0.1, 0.15) is 17.0 Å². The zero-order valence-corrected chi connectivity index (χ0v) is 16.8. The van der Waals surface area contributed by atoms with Crippen molar-refractivity contribution in [2.45, 2.75) is 19.9 Å². The molecule has 0 aliphatic carbocycles. The molecule has 6 nitrogen and oxygen atoms in total. The van der Waals surface area contributed by atoms with E-state index in [4.69, 9.17) is 4.74 Å². The first kappa shape index (κ1) is 18.4. The fourth-order valence-corrected chi connectivity index (χ4v) is 3.88. The van der Waals surface area contributed by atoms with Gasteiger partial charge in [0.15, 0.2) is 12.3 Å². The predicted molar refractivity (Wildman–Crippen MR) is 114 cm³/mol. The van der Waals surface area contributed by atoms with E-state index in [0.29, 0.717) is 18.8 Å². The fraction of sp³-hybridized carbons (Fsp3) is 0.208. The van der Waals surface area contributed by atoms with Crippen LogP contribution in [-0.2, 0) is 17.8 Å². The van der Waals surface area contributed by atoms with E-state index in [1.807, 2.05) is 71.1 Å². The minimum Gasteiger partial charge on any atom is -0.484 e. The van der Waals surface area contributed by atoms with E-state index in [1.54, 1.807) is 0 Å². The second-order valence-corrected chi connectivity index (χ2v) is 7.53. The van der Waals surface area contributed by atoms with Gasteiger partial charge in [-0.05, 0) is 30.2 Å². The first-order valence-electron chi connectivity index (χ1n) is 10.1. The van der Waals surface area contributed by atoms with Gasteiger partial charge in [-0.2, -0.15) is 5.10 Å². The van der Waals surface area contributed by atoms with Crippen molar-refractivity contribution in [2.75, 3.05) is 13.2 Å². The predicted octanol–water partition coefficient (Wildman–Crippen LogP) is 3.67. The summed E-state index contributed by atoms with van der Waals surface area (Å²) in [6.45, 7) is 3.17. The Balaban J connectivity index is 1.23. The molecule has 150 valence electrons.